The minimum absolute atomic E-state index is 0.0323. The van der Waals surface area contributed by atoms with Crippen LogP contribution in [-0.4, -0.2) is 46.9 Å². The SMILES string of the molecule is CCCCCCCC/C=C\C/C=C/C(CC(=O)NC(CO)C(O)CCCCCCCCCCCCCCCCC)OC(=O)CCCCC/C=C\CCCCCCCCC. The Morgan fingerprint density at radius 2 is 0.898 bits per heavy atom. The van der Waals surface area contributed by atoms with Crippen LogP contribution in [0.3, 0.4) is 0 Å². The molecule has 3 N–H and O–H groups in total. The number of esters is 1. The minimum Gasteiger partial charge on any atom is -0.458 e. The average Bonchev–Trinajstić information content (AvgIpc) is 3.23. The van der Waals surface area contributed by atoms with Gasteiger partial charge in [0.2, 0.25) is 5.91 Å². The molecule has 0 aromatic carbocycles. The molecule has 0 saturated carbocycles. The molecule has 0 aliphatic rings. The van der Waals surface area contributed by atoms with Gasteiger partial charge in [0, 0.05) is 6.42 Å². The molecule has 0 saturated heterocycles. The molecule has 0 aromatic heterocycles. The highest BCUT2D eigenvalue weighted by Gasteiger charge is 2.23. The zero-order valence-electron chi connectivity index (χ0n) is 39.4. The van der Waals surface area contributed by atoms with Gasteiger partial charge in [-0.15, -0.1) is 0 Å². The predicted molar refractivity (Wildman–Crippen MR) is 255 cm³/mol. The Kier molecular flexibility index (Phi) is 45.6. The molecule has 346 valence electrons. The van der Waals surface area contributed by atoms with Crippen LogP contribution in [0, 0.1) is 0 Å². The van der Waals surface area contributed by atoms with Crippen molar-refractivity contribution in [1.82, 2.24) is 5.32 Å². The van der Waals surface area contributed by atoms with Gasteiger partial charge < -0.3 is 20.3 Å². The van der Waals surface area contributed by atoms with Crippen molar-refractivity contribution in [3.63, 3.8) is 0 Å². The number of aliphatic hydroxyl groups excluding tert-OH is 2. The number of carbonyl (C=O) groups excluding carboxylic acids is 2. The van der Waals surface area contributed by atoms with Crippen LogP contribution in [-0.2, 0) is 14.3 Å². The summed E-state index contributed by atoms with van der Waals surface area (Å²) in [5, 5.41) is 23.7. The molecule has 0 aliphatic carbocycles. The maximum atomic E-state index is 13.1. The zero-order valence-corrected chi connectivity index (χ0v) is 39.4. The summed E-state index contributed by atoms with van der Waals surface area (Å²) in [7, 11) is 0. The van der Waals surface area contributed by atoms with Crippen LogP contribution in [0.5, 0.6) is 0 Å². The fourth-order valence-electron chi connectivity index (χ4n) is 7.74. The molecule has 3 unspecified atom stereocenters. The molecule has 0 heterocycles. The normalized spacial score (nSPS) is 13.5. The largest absolute Gasteiger partial charge is 0.458 e. The van der Waals surface area contributed by atoms with Gasteiger partial charge in [-0.25, -0.2) is 0 Å². The average molecular weight is 830 g/mol. The Labute approximate surface area is 366 Å². The summed E-state index contributed by atoms with van der Waals surface area (Å²) >= 11 is 0. The second-order valence-corrected chi connectivity index (χ2v) is 17.6. The highest BCUT2D eigenvalue weighted by Crippen LogP contribution is 2.16. The first-order chi connectivity index (χ1) is 29.0. The third kappa shape index (κ3) is 42.6. The lowest BCUT2D eigenvalue weighted by Gasteiger charge is -2.23. The van der Waals surface area contributed by atoms with E-state index in [1.54, 1.807) is 0 Å². The van der Waals surface area contributed by atoms with Crippen LogP contribution in [0.1, 0.15) is 265 Å². The van der Waals surface area contributed by atoms with E-state index in [1.807, 2.05) is 12.2 Å². The van der Waals surface area contributed by atoms with Gasteiger partial charge in [-0.2, -0.15) is 0 Å². The van der Waals surface area contributed by atoms with Gasteiger partial charge in [0.25, 0.3) is 0 Å². The minimum atomic E-state index is -0.811. The van der Waals surface area contributed by atoms with Crippen molar-refractivity contribution in [1.29, 1.82) is 0 Å². The number of carbonyl (C=O) groups is 2. The van der Waals surface area contributed by atoms with Crippen molar-refractivity contribution in [2.75, 3.05) is 6.61 Å². The summed E-state index contributed by atoms with van der Waals surface area (Å²) in [6, 6.07) is -0.732. The molecule has 59 heavy (non-hydrogen) atoms. The van der Waals surface area contributed by atoms with Gasteiger partial charge in [-0.05, 0) is 63.9 Å². The maximum Gasteiger partial charge on any atom is 0.306 e. The van der Waals surface area contributed by atoms with Crippen LogP contribution >= 0.6 is 0 Å². The number of amides is 1. The van der Waals surface area contributed by atoms with E-state index in [-0.39, 0.29) is 24.9 Å². The van der Waals surface area contributed by atoms with Crippen LogP contribution in [0.15, 0.2) is 36.5 Å². The number of allylic oxidation sites excluding steroid dienone is 5. The van der Waals surface area contributed by atoms with Crippen molar-refractivity contribution < 1.29 is 24.5 Å². The number of ether oxygens (including phenoxy) is 1. The molecule has 0 rings (SSSR count). The van der Waals surface area contributed by atoms with Gasteiger partial charge in [0.1, 0.15) is 6.10 Å². The van der Waals surface area contributed by atoms with Crippen LogP contribution in [0.2, 0.25) is 0 Å². The second kappa shape index (κ2) is 47.1. The van der Waals surface area contributed by atoms with Crippen molar-refractivity contribution in [2.24, 2.45) is 0 Å². The maximum absolute atomic E-state index is 13.1. The Balaban J connectivity index is 4.59. The van der Waals surface area contributed by atoms with Gasteiger partial charge in [-0.3, -0.25) is 9.59 Å². The fourth-order valence-corrected chi connectivity index (χ4v) is 7.74. The topological polar surface area (TPSA) is 95.9 Å². The summed E-state index contributed by atoms with van der Waals surface area (Å²) in [5.41, 5.74) is 0. The summed E-state index contributed by atoms with van der Waals surface area (Å²) in [6.45, 7) is 6.44. The second-order valence-electron chi connectivity index (χ2n) is 17.6. The third-order valence-corrected chi connectivity index (χ3v) is 11.7. The van der Waals surface area contributed by atoms with Crippen molar-refractivity contribution in [3.05, 3.63) is 36.5 Å². The number of unbranched alkanes of at least 4 members (excludes halogenated alkanes) is 30. The Bertz CT molecular complexity index is 977. The summed E-state index contributed by atoms with van der Waals surface area (Å²) in [6.07, 6.45) is 55.2. The lowest BCUT2D eigenvalue weighted by Crippen LogP contribution is -2.46. The van der Waals surface area contributed by atoms with E-state index < -0.39 is 18.2 Å². The van der Waals surface area contributed by atoms with Gasteiger partial charge in [0.05, 0.1) is 25.2 Å². The molecular weight excluding hydrogens is 731 g/mol. The highest BCUT2D eigenvalue weighted by molar-refractivity contribution is 5.78. The van der Waals surface area contributed by atoms with E-state index in [9.17, 15) is 19.8 Å². The molecule has 0 bridgehead atoms. The molecule has 0 aliphatic heterocycles. The molecule has 0 fully saturated rings. The van der Waals surface area contributed by atoms with Crippen LogP contribution in [0.4, 0.5) is 0 Å². The number of hydrogen-bond acceptors (Lipinski definition) is 5. The molecule has 1 amide bonds. The first-order valence-corrected chi connectivity index (χ1v) is 25.7. The quantitative estimate of drug-likeness (QED) is 0.0323. The van der Waals surface area contributed by atoms with E-state index in [2.05, 4.69) is 50.4 Å². The first kappa shape index (κ1) is 57.1. The lowest BCUT2D eigenvalue weighted by atomic mass is 10.0. The number of hydrogen-bond donors (Lipinski definition) is 3. The predicted octanol–water partition coefficient (Wildman–Crippen LogP) is 15.3. The van der Waals surface area contributed by atoms with Crippen LogP contribution < -0.4 is 5.32 Å². The fraction of sp³-hybridized carbons (Fsp3) is 0.849. The standard InChI is InChI=1S/C53H99NO5/c1-4-7-10-13-16-19-22-24-26-27-30-33-36-39-42-45-51(56)50(48-55)54-52(57)47-49(44-41-38-35-32-29-21-18-15-12-9-6-3)59-53(58)46-43-40-37-34-31-28-25-23-20-17-14-11-8-5-2/h28,31-32,35,41,44,49-51,55-56H,4-27,29-30,33-34,36-40,42-43,45-48H2,1-3H3,(H,54,57)/b31-28-,35-32-,44-41+. The Morgan fingerprint density at radius 3 is 1.34 bits per heavy atom. The molecule has 6 nitrogen and oxygen atoms in total. The van der Waals surface area contributed by atoms with E-state index >= 15 is 0 Å². The number of rotatable bonds is 46. The third-order valence-electron chi connectivity index (χ3n) is 11.7. The summed E-state index contributed by atoms with van der Waals surface area (Å²) < 4.78 is 5.81. The van der Waals surface area contributed by atoms with E-state index in [0.29, 0.717) is 12.8 Å². The van der Waals surface area contributed by atoms with Crippen molar-refractivity contribution in [3.8, 4) is 0 Å². The Morgan fingerprint density at radius 1 is 0.508 bits per heavy atom. The summed E-state index contributed by atoms with van der Waals surface area (Å²) in [5.74, 6) is -0.614. The van der Waals surface area contributed by atoms with Crippen molar-refractivity contribution in [2.45, 2.75) is 283 Å². The van der Waals surface area contributed by atoms with Gasteiger partial charge in [0.15, 0.2) is 0 Å². The van der Waals surface area contributed by atoms with E-state index in [4.69, 9.17) is 4.74 Å². The molecule has 3 atom stereocenters. The highest BCUT2D eigenvalue weighted by atomic mass is 16.5. The van der Waals surface area contributed by atoms with Crippen LogP contribution in [0.25, 0.3) is 0 Å². The van der Waals surface area contributed by atoms with Gasteiger partial charge >= 0.3 is 5.97 Å². The van der Waals surface area contributed by atoms with Crippen molar-refractivity contribution >= 4 is 11.9 Å². The zero-order chi connectivity index (χ0) is 43.1. The Hall–Kier alpha value is -1.92. The van der Waals surface area contributed by atoms with E-state index in [1.165, 1.54) is 161 Å². The molecule has 6 heteroatoms. The molecule has 0 aromatic rings. The molecule has 0 spiro atoms. The van der Waals surface area contributed by atoms with E-state index in [0.717, 1.165) is 64.2 Å². The lowest BCUT2D eigenvalue weighted by molar-refractivity contribution is -0.148. The number of nitrogens with one attached hydrogen (secondary N) is 1. The first-order valence-electron chi connectivity index (χ1n) is 25.7. The monoisotopic (exact) mass is 830 g/mol. The number of aliphatic hydroxyl groups is 2. The smallest absolute Gasteiger partial charge is 0.306 e. The molecule has 0 radical (unpaired) electrons. The summed E-state index contributed by atoms with van der Waals surface area (Å²) in [4.78, 5) is 26.0. The molecular formula is C53H99NO5. The van der Waals surface area contributed by atoms with Gasteiger partial charge in [-0.1, -0.05) is 225 Å².